The number of aliphatic hydroxyl groups is 1. The number of alkyl halides is 3. The van der Waals surface area contributed by atoms with Gasteiger partial charge in [-0.3, -0.25) is 0 Å². The molecule has 2 heterocycles. The van der Waals surface area contributed by atoms with Crippen LogP contribution in [0.4, 0.5) is 24.8 Å². The minimum atomic E-state index is -4.77. The summed E-state index contributed by atoms with van der Waals surface area (Å²) in [6, 6.07) is 7.63. The number of ether oxygens (including phenoxy) is 1. The quantitative estimate of drug-likeness (QED) is 0.508. The Kier molecular flexibility index (Phi) is 6.14. The van der Waals surface area contributed by atoms with Gasteiger partial charge in [0, 0.05) is 17.7 Å². The van der Waals surface area contributed by atoms with E-state index in [-0.39, 0.29) is 17.9 Å². The number of halogens is 3. The molecular formula is C22H26F3N5O2. The van der Waals surface area contributed by atoms with Gasteiger partial charge in [0.1, 0.15) is 17.4 Å². The Balaban J connectivity index is 1.55. The minimum Gasteiger partial charge on any atom is -0.406 e. The molecule has 0 amide bonds. The molecule has 0 spiro atoms. The molecule has 32 heavy (non-hydrogen) atoms. The minimum absolute atomic E-state index is 0.240. The summed E-state index contributed by atoms with van der Waals surface area (Å²) in [5, 5.41) is 17.3. The summed E-state index contributed by atoms with van der Waals surface area (Å²) in [6.45, 7) is 1.82. The Labute approximate surface area is 183 Å². The van der Waals surface area contributed by atoms with Crippen LogP contribution in [0.2, 0.25) is 0 Å². The smallest absolute Gasteiger partial charge is 0.406 e. The monoisotopic (exact) mass is 449 g/mol. The lowest BCUT2D eigenvalue weighted by molar-refractivity contribution is -0.274. The number of nitrogens with two attached hydrogens (primary N) is 1. The van der Waals surface area contributed by atoms with Crippen molar-refractivity contribution in [2.45, 2.75) is 57.5 Å². The van der Waals surface area contributed by atoms with Crippen LogP contribution >= 0.6 is 0 Å². The maximum atomic E-state index is 12.6. The lowest BCUT2D eigenvalue weighted by Crippen LogP contribution is -2.27. The second kappa shape index (κ2) is 8.85. The SMILES string of the molecule is CC(O)CC1CCC(Nc2cc(N)n3ncc(-c4cccc(OC(F)(F)F)c4)c3n2)CC1. The molecule has 0 aliphatic heterocycles. The van der Waals surface area contributed by atoms with Gasteiger partial charge in [0.25, 0.3) is 0 Å². The maximum absolute atomic E-state index is 12.6. The first-order valence-electron chi connectivity index (χ1n) is 10.6. The van der Waals surface area contributed by atoms with Gasteiger partial charge in [0.05, 0.1) is 12.3 Å². The average Bonchev–Trinajstić information content (AvgIpc) is 3.12. The predicted molar refractivity (Wildman–Crippen MR) is 115 cm³/mol. The highest BCUT2D eigenvalue weighted by Gasteiger charge is 2.31. The van der Waals surface area contributed by atoms with E-state index in [1.165, 1.54) is 28.9 Å². The molecule has 1 unspecified atom stereocenters. The van der Waals surface area contributed by atoms with Crippen molar-refractivity contribution < 1.29 is 23.0 Å². The van der Waals surface area contributed by atoms with Crippen LogP contribution in [-0.2, 0) is 0 Å². The number of fused-ring (bicyclic) bond motifs is 1. The zero-order valence-electron chi connectivity index (χ0n) is 17.6. The van der Waals surface area contributed by atoms with Gasteiger partial charge in [-0.15, -0.1) is 13.2 Å². The molecule has 1 fully saturated rings. The number of rotatable bonds is 6. The normalized spacial score (nSPS) is 20.3. The van der Waals surface area contributed by atoms with E-state index in [1.807, 2.05) is 6.92 Å². The van der Waals surface area contributed by atoms with Crippen LogP contribution in [0.25, 0.3) is 16.8 Å². The molecule has 10 heteroatoms. The van der Waals surface area contributed by atoms with Crippen molar-refractivity contribution in [3.63, 3.8) is 0 Å². The number of nitrogen functional groups attached to an aromatic ring is 1. The van der Waals surface area contributed by atoms with Gasteiger partial charge in [-0.25, -0.2) is 4.98 Å². The summed E-state index contributed by atoms with van der Waals surface area (Å²) in [5.41, 5.74) is 7.65. The van der Waals surface area contributed by atoms with Crippen LogP contribution in [0.3, 0.4) is 0 Å². The van der Waals surface area contributed by atoms with E-state index in [0.29, 0.717) is 34.3 Å². The van der Waals surface area contributed by atoms with E-state index in [2.05, 4.69) is 20.1 Å². The highest BCUT2D eigenvalue weighted by atomic mass is 19.4. The highest BCUT2D eigenvalue weighted by Crippen LogP contribution is 2.32. The van der Waals surface area contributed by atoms with Crippen molar-refractivity contribution in [3.8, 4) is 16.9 Å². The molecule has 0 saturated heterocycles. The summed E-state index contributed by atoms with van der Waals surface area (Å²) in [6.07, 6.45) is 1.28. The van der Waals surface area contributed by atoms with Crippen molar-refractivity contribution in [1.82, 2.24) is 14.6 Å². The standard InChI is InChI=1S/C22H26F3N5O2/c1-13(31)9-14-5-7-16(8-6-14)28-20-11-19(26)30-21(29-20)18(12-27-30)15-3-2-4-17(10-15)32-22(23,24)25/h2-4,10-14,16,31H,5-9,26H2,1H3,(H,28,29). The van der Waals surface area contributed by atoms with E-state index in [4.69, 9.17) is 5.73 Å². The Morgan fingerprint density at radius 3 is 2.69 bits per heavy atom. The van der Waals surface area contributed by atoms with E-state index in [0.717, 1.165) is 32.1 Å². The van der Waals surface area contributed by atoms with Crippen molar-refractivity contribution in [3.05, 3.63) is 36.5 Å². The van der Waals surface area contributed by atoms with Crippen LogP contribution in [0.1, 0.15) is 39.0 Å². The lowest BCUT2D eigenvalue weighted by atomic mass is 9.83. The van der Waals surface area contributed by atoms with Gasteiger partial charge in [0.15, 0.2) is 5.65 Å². The lowest BCUT2D eigenvalue weighted by Gasteiger charge is -2.30. The third-order valence-electron chi connectivity index (χ3n) is 5.75. The third kappa shape index (κ3) is 5.24. The largest absolute Gasteiger partial charge is 0.573 e. The number of benzene rings is 1. The first-order chi connectivity index (χ1) is 15.2. The fourth-order valence-corrected chi connectivity index (χ4v) is 4.36. The average molecular weight is 449 g/mol. The van der Waals surface area contributed by atoms with Crippen LogP contribution in [0.5, 0.6) is 5.75 Å². The summed E-state index contributed by atoms with van der Waals surface area (Å²) < 4.78 is 43.3. The number of aromatic nitrogens is 3. The van der Waals surface area contributed by atoms with E-state index >= 15 is 0 Å². The molecule has 0 bridgehead atoms. The van der Waals surface area contributed by atoms with Crippen LogP contribution in [0, 0.1) is 5.92 Å². The van der Waals surface area contributed by atoms with Gasteiger partial charge < -0.3 is 20.9 Å². The van der Waals surface area contributed by atoms with Gasteiger partial charge in [-0.1, -0.05) is 12.1 Å². The molecule has 1 saturated carbocycles. The fraction of sp³-hybridized carbons (Fsp3) is 0.455. The van der Waals surface area contributed by atoms with E-state index in [1.54, 1.807) is 12.1 Å². The van der Waals surface area contributed by atoms with Crippen LogP contribution in [-0.4, -0.2) is 38.2 Å². The first-order valence-corrected chi connectivity index (χ1v) is 10.6. The molecular weight excluding hydrogens is 423 g/mol. The Morgan fingerprint density at radius 1 is 1.25 bits per heavy atom. The second-order valence-corrected chi connectivity index (χ2v) is 8.38. The Bertz CT molecular complexity index is 1080. The van der Waals surface area contributed by atoms with Gasteiger partial charge in [0.2, 0.25) is 0 Å². The number of aliphatic hydroxyl groups excluding tert-OH is 1. The van der Waals surface area contributed by atoms with Gasteiger partial charge in [-0.2, -0.15) is 9.61 Å². The molecule has 4 rings (SSSR count). The number of hydrogen-bond donors (Lipinski definition) is 3. The van der Waals surface area contributed by atoms with Crippen molar-refractivity contribution >= 4 is 17.3 Å². The second-order valence-electron chi connectivity index (χ2n) is 8.38. The molecule has 1 atom stereocenters. The predicted octanol–water partition coefficient (Wildman–Crippen LogP) is 4.62. The zero-order valence-corrected chi connectivity index (χ0v) is 17.6. The third-order valence-corrected chi connectivity index (χ3v) is 5.75. The Hall–Kier alpha value is -3.01. The molecule has 4 N–H and O–H groups in total. The van der Waals surface area contributed by atoms with Gasteiger partial charge >= 0.3 is 6.36 Å². The summed E-state index contributed by atoms with van der Waals surface area (Å²) in [4.78, 5) is 4.64. The molecule has 1 aliphatic carbocycles. The number of hydrogen-bond acceptors (Lipinski definition) is 6. The van der Waals surface area contributed by atoms with Crippen molar-refractivity contribution in [1.29, 1.82) is 0 Å². The molecule has 1 aliphatic rings. The topological polar surface area (TPSA) is 97.7 Å². The van der Waals surface area contributed by atoms with Gasteiger partial charge in [-0.05, 0) is 62.6 Å². The fourth-order valence-electron chi connectivity index (χ4n) is 4.36. The number of anilines is 2. The highest BCUT2D eigenvalue weighted by molar-refractivity contribution is 5.79. The first kappa shape index (κ1) is 22.2. The molecule has 0 radical (unpaired) electrons. The number of nitrogens with zero attached hydrogens (tertiary/aromatic N) is 3. The van der Waals surface area contributed by atoms with Crippen LogP contribution in [0.15, 0.2) is 36.5 Å². The molecule has 1 aromatic carbocycles. The van der Waals surface area contributed by atoms with Crippen molar-refractivity contribution in [2.24, 2.45) is 5.92 Å². The zero-order chi connectivity index (χ0) is 22.9. The summed E-state index contributed by atoms with van der Waals surface area (Å²) >= 11 is 0. The Morgan fingerprint density at radius 2 is 2.00 bits per heavy atom. The van der Waals surface area contributed by atoms with E-state index in [9.17, 15) is 18.3 Å². The molecule has 172 valence electrons. The molecule has 3 aromatic rings. The summed E-state index contributed by atoms with van der Waals surface area (Å²) in [5.74, 6) is 1.18. The maximum Gasteiger partial charge on any atom is 0.573 e. The molecule has 2 aromatic heterocycles. The number of nitrogens with one attached hydrogen (secondary N) is 1. The van der Waals surface area contributed by atoms with Crippen LogP contribution < -0.4 is 15.8 Å². The summed E-state index contributed by atoms with van der Waals surface area (Å²) in [7, 11) is 0. The van der Waals surface area contributed by atoms with E-state index < -0.39 is 6.36 Å². The molecule has 7 nitrogen and oxygen atoms in total. The van der Waals surface area contributed by atoms with Crippen molar-refractivity contribution in [2.75, 3.05) is 11.1 Å².